The second-order valence-electron chi connectivity index (χ2n) is 2.83. The van der Waals surface area contributed by atoms with Crippen LogP contribution >= 0.6 is 0 Å². The first-order valence-electron chi connectivity index (χ1n) is 3.87. The first-order chi connectivity index (χ1) is 4.88. The molecule has 60 valence electrons. The van der Waals surface area contributed by atoms with Crippen LogP contribution in [0.25, 0.3) is 0 Å². The molecule has 0 heterocycles. The molecule has 3 heteroatoms. The van der Waals surface area contributed by atoms with Gasteiger partial charge in [0.05, 0.1) is 6.10 Å². The van der Waals surface area contributed by atoms with Gasteiger partial charge in [0.25, 0.3) is 0 Å². The fourth-order valence-electron chi connectivity index (χ4n) is 1.57. The number of methoxy groups -OCH3 is 1. The van der Waals surface area contributed by atoms with E-state index in [0.717, 1.165) is 12.8 Å². The SMILES string of the molecule is CO[C@@H]1CCCC[C@@H]1NN. The van der Waals surface area contributed by atoms with E-state index in [1.54, 1.807) is 7.11 Å². The van der Waals surface area contributed by atoms with Gasteiger partial charge in [-0.15, -0.1) is 0 Å². The number of nitrogens with two attached hydrogens (primary N) is 1. The highest BCUT2D eigenvalue weighted by Gasteiger charge is 2.22. The predicted octanol–water partition coefficient (Wildman–Crippen LogP) is 0.407. The third kappa shape index (κ3) is 1.68. The van der Waals surface area contributed by atoms with Gasteiger partial charge in [-0.1, -0.05) is 12.8 Å². The fourth-order valence-corrected chi connectivity index (χ4v) is 1.57. The lowest BCUT2D eigenvalue weighted by Crippen LogP contribution is -2.46. The zero-order valence-electron chi connectivity index (χ0n) is 6.47. The van der Waals surface area contributed by atoms with Crippen LogP contribution in [-0.4, -0.2) is 19.3 Å². The van der Waals surface area contributed by atoms with E-state index in [1.807, 2.05) is 0 Å². The second-order valence-corrected chi connectivity index (χ2v) is 2.83. The molecule has 0 radical (unpaired) electrons. The van der Waals surface area contributed by atoms with Crippen molar-refractivity contribution >= 4 is 0 Å². The molecule has 0 aromatic heterocycles. The average molecular weight is 144 g/mol. The summed E-state index contributed by atoms with van der Waals surface area (Å²) in [5.41, 5.74) is 2.78. The Morgan fingerprint density at radius 1 is 1.40 bits per heavy atom. The number of hydrazine groups is 1. The van der Waals surface area contributed by atoms with Crippen LogP contribution in [0.2, 0.25) is 0 Å². The van der Waals surface area contributed by atoms with E-state index in [2.05, 4.69) is 5.43 Å². The molecule has 0 aromatic rings. The number of nitrogens with one attached hydrogen (secondary N) is 1. The van der Waals surface area contributed by atoms with Gasteiger partial charge in [-0.25, -0.2) is 0 Å². The van der Waals surface area contributed by atoms with E-state index in [1.165, 1.54) is 12.8 Å². The summed E-state index contributed by atoms with van der Waals surface area (Å²) in [6, 6.07) is 0.374. The van der Waals surface area contributed by atoms with Crippen molar-refractivity contribution in [3.8, 4) is 0 Å². The molecular formula is C7H16N2O. The average Bonchev–Trinajstić information content (AvgIpc) is 2.04. The number of hydrogen-bond donors (Lipinski definition) is 2. The molecule has 0 amide bonds. The standard InChI is InChI=1S/C7H16N2O/c1-10-7-5-3-2-4-6(7)9-8/h6-7,9H,2-5,8H2,1H3/t6-,7+/m0/s1. The van der Waals surface area contributed by atoms with E-state index < -0.39 is 0 Å². The Balaban J connectivity index is 2.34. The quantitative estimate of drug-likeness (QED) is 0.436. The molecule has 0 aliphatic heterocycles. The van der Waals surface area contributed by atoms with Crippen LogP contribution in [0.1, 0.15) is 25.7 Å². The maximum atomic E-state index is 5.34. The third-order valence-electron chi connectivity index (χ3n) is 2.22. The van der Waals surface area contributed by atoms with Crippen LogP contribution in [0.5, 0.6) is 0 Å². The van der Waals surface area contributed by atoms with E-state index in [-0.39, 0.29) is 0 Å². The molecule has 1 aliphatic rings. The Kier molecular flexibility index (Phi) is 3.12. The zero-order chi connectivity index (χ0) is 7.40. The van der Waals surface area contributed by atoms with Gasteiger partial charge in [-0.05, 0) is 12.8 Å². The Bertz CT molecular complexity index is 85.6. The van der Waals surface area contributed by atoms with E-state index in [9.17, 15) is 0 Å². The van der Waals surface area contributed by atoms with E-state index >= 15 is 0 Å². The topological polar surface area (TPSA) is 47.3 Å². The van der Waals surface area contributed by atoms with Crippen molar-refractivity contribution in [2.45, 2.75) is 37.8 Å². The number of ether oxygens (including phenoxy) is 1. The molecule has 0 unspecified atom stereocenters. The highest BCUT2D eigenvalue weighted by molar-refractivity contribution is 4.79. The van der Waals surface area contributed by atoms with Crippen LogP contribution in [0.15, 0.2) is 0 Å². The summed E-state index contributed by atoms with van der Waals surface area (Å²) in [6.45, 7) is 0. The summed E-state index contributed by atoms with van der Waals surface area (Å²) in [6.07, 6.45) is 5.17. The summed E-state index contributed by atoms with van der Waals surface area (Å²) < 4.78 is 5.25. The van der Waals surface area contributed by atoms with Crippen LogP contribution in [0, 0.1) is 0 Å². The lowest BCUT2D eigenvalue weighted by Gasteiger charge is -2.29. The van der Waals surface area contributed by atoms with Gasteiger partial charge in [0.1, 0.15) is 0 Å². The third-order valence-corrected chi connectivity index (χ3v) is 2.22. The van der Waals surface area contributed by atoms with Gasteiger partial charge in [0.2, 0.25) is 0 Å². The highest BCUT2D eigenvalue weighted by Crippen LogP contribution is 2.19. The molecule has 1 rings (SSSR count). The van der Waals surface area contributed by atoms with Gasteiger partial charge < -0.3 is 4.74 Å². The number of hydrogen-bond acceptors (Lipinski definition) is 3. The summed E-state index contributed by atoms with van der Waals surface area (Å²) in [5, 5.41) is 0. The summed E-state index contributed by atoms with van der Waals surface area (Å²) in [5.74, 6) is 5.34. The maximum absolute atomic E-state index is 5.34. The van der Waals surface area contributed by atoms with Crippen LogP contribution in [-0.2, 0) is 4.74 Å². The van der Waals surface area contributed by atoms with E-state index in [0.29, 0.717) is 12.1 Å². The van der Waals surface area contributed by atoms with Crippen LogP contribution in [0.3, 0.4) is 0 Å². The maximum Gasteiger partial charge on any atom is 0.0737 e. The molecule has 0 spiro atoms. The van der Waals surface area contributed by atoms with Gasteiger partial charge in [0, 0.05) is 13.2 Å². The predicted molar refractivity (Wildman–Crippen MR) is 40.4 cm³/mol. The minimum absolute atomic E-state index is 0.332. The largest absolute Gasteiger partial charge is 0.380 e. The molecule has 0 saturated heterocycles. The first-order valence-corrected chi connectivity index (χ1v) is 3.87. The summed E-state index contributed by atoms with van der Waals surface area (Å²) >= 11 is 0. The van der Waals surface area contributed by atoms with Crippen molar-refractivity contribution in [3.63, 3.8) is 0 Å². The lowest BCUT2D eigenvalue weighted by molar-refractivity contribution is 0.0420. The van der Waals surface area contributed by atoms with Crippen LogP contribution < -0.4 is 11.3 Å². The minimum atomic E-state index is 0.332. The molecule has 1 aliphatic carbocycles. The normalized spacial score (nSPS) is 34.2. The van der Waals surface area contributed by atoms with E-state index in [4.69, 9.17) is 10.6 Å². The lowest BCUT2D eigenvalue weighted by atomic mass is 9.93. The Labute approximate surface area is 61.9 Å². The Morgan fingerprint density at radius 3 is 2.60 bits per heavy atom. The van der Waals surface area contributed by atoms with Crippen molar-refractivity contribution in [3.05, 3.63) is 0 Å². The molecular weight excluding hydrogens is 128 g/mol. The minimum Gasteiger partial charge on any atom is -0.380 e. The molecule has 0 bridgehead atoms. The van der Waals surface area contributed by atoms with Gasteiger partial charge in [0.15, 0.2) is 0 Å². The van der Waals surface area contributed by atoms with Crippen LogP contribution in [0.4, 0.5) is 0 Å². The molecule has 3 nitrogen and oxygen atoms in total. The van der Waals surface area contributed by atoms with Crippen molar-refractivity contribution < 1.29 is 4.74 Å². The second kappa shape index (κ2) is 3.91. The number of rotatable bonds is 2. The molecule has 2 atom stereocenters. The Morgan fingerprint density at radius 2 is 2.10 bits per heavy atom. The van der Waals surface area contributed by atoms with Gasteiger partial charge in [-0.3, -0.25) is 11.3 Å². The molecule has 1 saturated carbocycles. The van der Waals surface area contributed by atoms with Gasteiger partial charge >= 0.3 is 0 Å². The smallest absolute Gasteiger partial charge is 0.0737 e. The van der Waals surface area contributed by atoms with Gasteiger partial charge in [-0.2, -0.15) is 0 Å². The monoisotopic (exact) mass is 144 g/mol. The van der Waals surface area contributed by atoms with Crippen molar-refractivity contribution in [2.75, 3.05) is 7.11 Å². The van der Waals surface area contributed by atoms with Crippen molar-refractivity contribution in [1.29, 1.82) is 0 Å². The molecule has 3 N–H and O–H groups in total. The molecule has 1 fully saturated rings. The Hall–Kier alpha value is -0.120. The van der Waals surface area contributed by atoms with Crippen molar-refractivity contribution in [2.24, 2.45) is 5.84 Å². The van der Waals surface area contributed by atoms with Crippen molar-refractivity contribution in [1.82, 2.24) is 5.43 Å². The first kappa shape index (κ1) is 7.98. The summed E-state index contributed by atoms with van der Waals surface area (Å²) in [7, 11) is 1.75. The molecule has 10 heavy (non-hydrogen) atoms. The highest BCUT2D eigenvalue weighted by atomic mass is 16.5. The molecule has 0 aromatic carbocycles. The summed E-state index contributed by atoms with van der Waals surface area (Å²) in [4.78, 5) is 0. The fraction of sp³-hybridized carbons (Fsp3) is 1.00. The zero-order valence-corrected chi connectivity index (χ0v) is 6.47.